The van der Waals surface area contributed by atoms with E-state index in [4.69, 9.17) is 0 Å². The van der Waals surface area contributed by atoms with Gasteiger partial charge in [-0.25, -0.2) is 0 Å². The summed E-state index contributed by atoms with van der Waals surface area (Å²) in [6, 6.07) is 8.67. The molecule has 0 amide bonds. The zero-order chi connectivity index (χ0) is 11.5. The molecule has 0 fully saturated rings. The van der Waals surface area contributed by atoms with Gasteiger partial charge in [-0.1, -0.05) is 51.3 Å². The third-order valence-corrected chi connectivity index (χ3v) is 4.10. The van der Waals surface area contributed by atoms with Crippen molar-refractivity contribution in [2.24, 2.45) is 0 Å². The van der Waals surface area contributed by atoms with E-state index in [1.54, 1.807) is 5.57 Å². The van der Waals surface area contributed by atoms with Crippen LogP contribution in [0.15, 0.2) is 42.0 Å². The van der Waals surface area contributed by atoms with Crippen LogP contribution in [0.1, 0.15) is 37.3 Å². The number of halogens is 1. The predicted molar refractivity (Wildman–Crippen MR) is 74.7 cm³/mol. The first kappa shape index (κ1) is 11.7. The van der Waals surface area contributed by atoms with Gasteiger partial charge < -0.3 is 0 Å². The highest BCUT2D eigenvalue weighted by Gasteiger charge is 2.15. The molecule has 0 saturated carbocycles. The molecule has 0 aromatic heterocycles. The van der Waals surface area contributed by atoms with Gasteiger partial charge in [0.25, 0.3) is 0 Å². The van der Waals surface area contributed by atoms with Gasteiger partial charge in [-0.2, -0.15) is 0 Å². The molecule has 2 rings (SSSR count). The van der Waals surface area contributed by atoms with Crippen molar-refractivity contribution in [2.75, 3.05) is 0 Å². The van der Waals surface area contributed by atoms with Crippen LogP contribution in [-0.2, 0) is 6.42 Å². The Hall–Kier alpha value is -0.820. The Morgan fingerprint density at radius 3 is 2.81 bits per heavy atom. The van der Waals surface area contributed by atoms with E-state index in [-0.39, 0.29) is 0 Å². The molecule has 0 radical (unpaired) electrons. The first-order valence-corrected chi connectivity index (χ1v) is 6.58. The van der Waals surface area contributed by atoms with E-state index in [2.05, 4.69) is 53.7 Å². The van der Waals surface area contributed by atoms with Crippen LogP contribution < -0.4 is 0 Å². The largest absolute Gasteiger partial charge is 0.100 e. The molecule has 1 aromatic rings. The van der Waals surface area contributed by atoms with Crippen molar-refractivity contribution in [3.8, 4) is 0 Å². The van der Waals surface area contributed by atoms with Gasteiger partial charge in [0.1, 0.15) is 0 Å². The van der Waals surface area contributed by atoms with Crippen LogP contribution in [0.4, 0.5) is 0 Å². The van der Waals surface area contributed by atoms with Crippen LogP contribution in [0, 0.1) is 0 Å². The molecule has 1 aliphatic carbocycles. The lowest BCUT2D eigenvalue weighted by atomic mass is 9.89. The van der Waals surface area contributed by atoms with E-state index < -0.39 is 0 Å². The monoisotopic (exact) mass is 276 g/mol. The maximum absolute atomic E-state index is 3.97. The Kier molecular flexibility index (Phi) is 3.65. The molecule has 0 heterocycles. The number of aryl methyl sites for hydroxylation is 1. The number of rotatable bonds is 3. The Morgan fingerprint density at radius 1 is 1.31 bits per heavy atom. The Balaban J connectivity index is 2.25. The minimum Gasteiger partial charge on any atom is -0.100 e. The molecule has 16 heavy (non-hydrogen) atoms. The first-order valence-electron chi connectivity index (χ1n) is 5.78. The number of hydrogen-bond donors (Lipinski definition) is 0. The van der Waals surface area contributed by atoms with E-state index >= 15 is 0 Å². The van der Waals surface area contributed by atoms with Crippen LogP contribution in [0.3, 0.4) is 0 Å². The van der Waals surface area contributed by atoms with Crippen molar-refractivity contribution in [1.82, 2.24) is 0 Å². The number of fused-ring (bicyclic) bond motifs is 1. The van der Waals surface area contributed by atoms with Gasteiger partial charge in [0.2, 0.25) is 0 Å². The maximum atomic E-state index is 3.97. The smallest absolute Gasteiger partial charge is 0.0242 e. The molecular formula is C15H17Br. The molecule has 84 valence electrons. The van der Waals surface area contributed by atoms with E-state index in [9.17, 15) is 0 Å². The van der Waals surface area contributed by atoms with Crippen LogP contribution >= 0.6 is 15.9 Å². The zero-order valence-electron chi connectivity index (χ0n) is 9.72. The fourth-order valence-electron chi connectivity index (χ4n) is 2.14. The summed E-state index contributed by atoms with van der Waals surface area (Å²) < 4.78 is 1.32. The molecule has 1 heteroatoms. The number of hydrogen-bond acceptors (Lipinski definition) is 0. The van der Waals surface area contributed by atoms with Gasteiger partial charge in [-0.3, -0.25) is 0 Å². The quantitative estimate of drug-likeness (QED) is 0.675. The average Bonchev–Trinajstić information content (AvgIpc) is 2.28. The van der Waals surface area contributed by atoms with Crippen LogP contribution in [0.5, 0.6) is 0 Å². The topological polar surface area (TPSA) is 0 Å². The lowest BCUT2D eigenvalue weighted by Gasteiger charge is -2.20. The predicted octanol–water partition coefficient (Wildman–Crippen LogP) is 5.10. The van der Waals surface area contributed by atoms with Crippen LogP contribution in [-0.4, -0.2) is 0 Å². The van der Waals surface area contributed by atoms with E-state index in [0.717, 1.165) is 12.8 Å². The van der Waals surface area contributed by atoms with Gasteiger partial charge in [-0.15, -0.1) is 6.58 Å². The first-order chi connectivity index (χ1) is 7.68. The van der Waals surface area contributed by atoms with Gasteiger partial charge in [0.15, 0.2) is 0 Å². The minimum absolute atomic E-state index is 1.10. The molecule has 1 aromatic carbocycles. The normalized spacial score (nSPS) is 14.9. The zero-order valence-corrected chi connectivity index (χ0v) is 11.3. The summed E-state index contributed by atoms with van der Waals surface area (Å²) in [6.07, 6.45) is 4.61. The van der Waals surface area contributed by atoms with Gasteiger partial charge in [0, 0.05) is 4.48 Å². The molecular weight excluding hydrogens is 260 g/mol. The van der Waals surface area contributed by atoms with Gasteiger partial charge in [-0.05, 0) is 43.7 Å². The number of benzene rings is 1. The molecule has 0 saturated heterocycles. The Morgan fingerprint density at radius 2 is 2.06 bits per heavy atom. The second-order valence-electron chi connectivity index (χ2n) is 4.53. The molecule has 1 aliphatic rings. The summed E-state index contributed by atoms with van der Waals surface area (Å²) in [5, 5.41) is 0. The molecule has 0 N–H and O–H groups in total. The lowest BCUT2D eigenvalue weighted by Crippen LogP contribution is -2.02. The van der Waals surface area contributed by atoms with Crippen molar-refractivity contribution in [2.45, 2.75) is 32.6 Å². The second kappa shape index (κ2) is 5.01. The van der Waals surface area contributed by atoms with E-state index in [1.165, 1.54) is 34.0 Å². The minimum atomic E-state index is 1.10. The molecule has 0 atom stereocenters. The molecule has 0 nitrogen and oxygen atoms in total. The highest BCUT2D eigenvalue weighted by atomic mass is 79.9. The fraction of sp³-hybridized carbons (Fsp3) is 0.333. The molecule has 0 aliphatic heterocycles. The lowest BCUT2D eigenvalue weighted by molar-refractivity contribution is 0.824. The summed E-state index contributed by atoms with van der Waals surface area (Å²) in [5.74, 6) is 0. The highest BCUT2D eigenvalue weighted by Crippen LogP contribution is 2.37. The SMILES string of the molecule is C=C(C)CCC1=C(Br)c2ccccc2CC1. The van der Waals surface area contributed by atoms with Crippen LogP contribution in [0.25, 0.3) is 4.48 Å². The maximum Gasteiger partial charge on any atom is 0.0242 e. The fourth-order valence-corrected chi connectivity index (χ4v) is 2.92. The third-order valence-electron chi connectivity index (χ3n) is 3.11. The standard InChI is InChI=1S/C15H17Br/c1-11(2)7-8-13-10-9-12-5-3-4-6-14(12)15(13)16/h3-6H,1,7-10H2,2H3. The summed E-state index contributed by atoms with van der Waals surface area (Å²) in [6.45, 7) is 6.07. The molecule has 0 unspecified atom stereocenters. The van der Waals surface area contributed by atoms with Crippen molar-refractivity contribution >= 4 is 20.4 Å². The summed E-state index contributed by atoms with van der Waals surface area (Å²) >= 11 is 3.75. The van der Waals surface area contributed by atoms with Gasteiger partial charge >= 0.3 is 0 Å². The average molecular weight is 277 g/mol. The third kappa shape index (κ3) is 2.46. The van der Waals surface area contributed by atoms with Crippen molar-refractivity contribution in [3.05, 3.63) is 53.1 Å². The molecule has 0 spiro atoms. The van der Waals surface area contributed by atoms with Crippen molar-refractivity contribution in [3.63, 3.8) is 0 Å². The Bertz CT molecular complexity index is 441. The molecule has 0 bridgehead atoms. The summed E-state index contributed by atoms with van der Waals surface area (Å²) in [4.78, 5) is 0. The van der Waals surface area contributed by atoms with Crippen molar-refractivity contribution in [1.29, 1.82) is 0 Å². The summed E-state index contributed by atoms with van der Waals surface area (Å²) in [7, 11) is 0. The highest BCUT2D eigenvalue weighted by molar-refractivity contribution is 9.15. The van der Waals surface area contributed by atoms with E-state index in [1.807, 2.05) is 0 Å². The number of allylic oxidation sites excluding steroid dienone is 2. The van der Waals surface area contributed by atoms with E-state index in [0.29, 0.717) is 0 Å². The van der Waals surface area contributed by atoms with Gasteiger partial charge in [0.05, 0.1) is 0 Å². The second-order valence-corrected chi connectivity index (χ2v) is 5.32. The van der Waals surface area contributed by atoms with Crippen molar-refractivity contribution < 1.29 is 0 Å². The summed E-state index contributed by atoms with van der Waals surface area (Å²) in [5.41, 5.74) is 5.66. The Labute approximate surface area is 106 Å². The van der Waals surface area contributed by atoms with Crippen LogP contribution in [0.2, 0.25) is 0 Å².